The first-order chi connectivity index (χ1) is 7.06. The minimum absolute atomic E-state index is 0.0974. The van der Waals surface area contributed by atoms with Crippen molar-refractivity contribution in [1.29, 1.82) is 5.26 Å². The lowest BCUT2D eigenvalue weighted by molar-refractivity contribution is 0.507. The third-order valence-electron chi connectivity index (χ3n) is 1.90. The SMILES string of the molecule is CC(C)CNc1ccc(C#N)c(F)c1F. The van der Waals surface area contributed by atoms with Crippen molar-refractivity contribution in [2.45, 2.75) is 13.8 Å². The van der Waals surface area contributed by atoms with Gasteiger partial charge in [0.2, 0.25) is 0 Å². The van der Waals surface area contributed by atoms with Gasteiger partial charge >= 0.3 is 0 Å². The Labute approximate surface area is 87.5 Å². The topological polar surface area (TPSA) is 35.8 Å². The minimum Gasteiger partial charge on any atom is -0.382 e. The van der Waals surface area contributed by atoms with E-state index in [1.165, 1.54) is 12.1 Å². The van der Waals surface area contributed by atoms with Gasteiger partial charge in [-0.05, 0) is 18.1 Å². The Bertz CT molecular complexity index is 394. The molecular formula is C11H12F2N2. The van der Waals surface area contributed by atoms with Crippen molar-refractivity contribution < 1.29 is 8.78 Å². The quantitative estimate of drug-likeness (QED) is 0.832. The number of rotatable bonds is 3. The van der Waals surface area contributed by atoms with E-state index >= 15 is 0 Å². The zero-order chi connectivity index (χ0) is 11.4. The average Bonchev–Trinajstić information content (AvgIpc) is 2.20. The molecule has 0 bridgehead atoms. The lowest BCUT2D eigenvalue weighted by Crippen LogP contribution is -2.10. The van der Waals surface area contributed by atoms with Gasteiger partial charge in [0.1, 0.15) is 6.07 Å². The first-order valence-electron chi connectivity index (χ1n) is 4.68. The van der Waals surface area contributed by atoms with Crippen molar-refractivity contribution in [1.82, 2.24) is 0 Å². The summed E-state index contributed by atoms with van der Waals surface area (Å²) in [5, 5.41) is 11.3. The van der Waals surface area contributed by atoms with Crippen LogP contribution in [0.15, 0.2) is 12.1 Å². The molecule has 0 spiro atoms. The first kappa shape index (κ1) is 11.4. The summed E-state index contributed by atoms with van der Waals surface area (Å²) >= 11 is 0. The zero-order valence-electron chi connectivity index (χ0n) is 8.64. The van der Waals surface area contributed by atoms with E-state index in [1.54, 1.807) is 6.07 Å². The van der Waals surface area contributed by atoms with Gasteiger partial charge in [0.15, 0.2) is 11.6 Å². The highest BCUT2D eigenvalue weighted by Crippen LogP contribution is 2.20. The second-order valence-corrected chi connectivity index (χ2v) is 3.68. The number of hydrogen-bond acceptors (Lipinski definition) is 2. The molecule has 0 heterocycles. The molecule has 4 heteroatoms. The molecule has 0 amide bonds. The Balaban J connectivity index is 2.93. The molecule has 80 valence electrons. The van der Waals surface area contributed by atoms with Gasteiger partial charge in [-0.25, -0.2) is 8.78 Å². The van der Waals surface area contributed by atoms with Crippen LogP contribution in [0.2, 0.25) is 0 Å². The predicted molar refractivity (Wildman–Crippen MR) is 54.4 cm³/mol. The number of nitriles is 1. The Morgan fingerprint density at radius 3 is 2.53 bits per heavy atom. The van der Waals surface area contributed by atoms with Crippen molar-refractivity contribution in [3.8, 4) is 6.07 Å². The van der Waals surface area contributed by atoms with Gasteiger partial charge in [0.25, 0.3) is 0 Å². The molecule has 0 unspecified atom stereocenters. The summed E-state index contributed by atoms with van der Waals surface area (Å²) in [5.41, 5.74) is -0.178. The van der Waals surface area contributed by atoms with Crippen LogP contribution in [0.5, 0.6) is 0 Å². The number of hydrogen-bond donors (Lipinski definition) is 1. The lowest BCUT2D eigenvalue weighted by Gasteiger charge is -2.10. The van der Waals surface area contributed by atoms with E-state index in [4.69, 9.17) is 5.26 Å². The van der Waals surface area contributed by atoms with E-state index in [-0.39, 0.29) is 11.3 Å². The monoisotopic (exact) mass is 210 g/mol. The van der Waals surface area contributed by atoms with Gasteiger partial charge in [0.05, 0.1) is 11.3 Å². The summed E-state index contributed by atoms with van der Waals surface area (Å²) in [5.74, 6) is -1.75. The highest BCUT2D eigenvalue weighted by molar-refractivity contribution is 5.49. The van der Waals surface area contributed by atoms with E-state index in [9.17, 15) is 8.78 Å². The second kappa shape index (κ2) is 4.74. The number of halogens is 2. The number of anilines is 1. The van der Waals surface area contributed by atoms with Crippen LogP contribution in [0, 0.1) is 28.9 Å². The first-order valence-corrected chi connectivity index (χ1v) is 4.68. The van der Waals surface area contributed by atoms with Gasteiger partial charge in [-0.2, -0.15) is 5.26 Å². The summed E-state index contributed by atoms with van der Waals surface area (Å²) in [6.45, 7) is 4.48. The maximum atomic E-state index is 13.3. The summed E-state index contributed by atoms with van der Waals surface area (Å²) in [7, 11) is 0. The van der Waals surface area contributed by atoms with Crippen molar-refractivity contribution in [3.05, 3.63) is 29.3 Å². The standard InChI is InChI=1S/C11H12F2N2/c1-7(2)6-15-9-4-3-8(5-14)10(12)11(9)13/h3-4,7,15H,6H2,1-2H3. The minimum atomic E-state index is -1.09. The van der Waals surface area contributed by atoms with Crippen LogP contribution in [0.25, 0.3) is 0 Å². The Morgan fingerprint density at radius 2 is 2.00 bits per heavy atom. The molecule has 1 aromatic carbocycles. The third-order valence-corrected chi connectivity index (χ3v) is 1.90. The molecule has 15 heavy (non-hydrogen) atoms. The van der Waals surface area contributed by atoms with Crippen LogP contribution < -0.4 is 5.32 Å². The number of nitrogens with one attached hydrogen (secondary N) is 1. The molecular weight excluding hydrogens is 198 g/mol. The molecule has 0 aliphatic heterocycles. The molecule has 1 N–H and O–H groups in total. The highest BCUT2D eigenvalue weighted by Gasteiger charge is 2.12. The van der Waals surface area contributed by atoms with Crippen LogP contribution in [-0.4, -0.2) is 6.54 Å². The van der Waals surface area contributed by atoms with E-state index in [2.05, 4.69) is 5.32 Å². The zero-order valence-corrected chi connectivity index (χ0v) is 8.64. The summed E-state index contributed by atoms with van der Waals surface area (Å²) in [6, 6.07) is 4.22. The van der Waals surface area contributed by atoms with Crippen LogP contribution >= 0.6 is 0 Å². The maximum absolute atomic E-state index is 13.3. The molecule has 1 aromatic rings. The van der Waals surface area contributed by atoms with Crippen molar-refractivity contribution in [3.63, 3.8) is 0 Å². The van der Waals surface area contributed by atoms with Crippen molar-refractivity contribution in [2.24, 2.45) is 5.92 Å². The second-order valence-electron chi connectivity index (χ2n) is 3.68. The van der Waals surface area contributed by atoms with Crippen LogP contribution in [0.1, 0.15) is 19.4 Å². The van der Waals surface area contributed by atoms with Crippen molar-refractivity contribution >= 4 is 5.69 Å². The number of nitrogens with zero attached hydrogens (tertiary/aromatic N) is 1. The van der Waals surface area contributed by atoms with Gasteiger partial charge in [0, 0.05) is 6.54 Å². The molecule has 0 aromatic heterocycles. The number of benzene rings is 1. The van der Waals surface area contributed by atoms with Crippen LogP contribution in [-0.2, 0) is 0 Å². The maximum Gasteiger partial charge on any atom is 0.183 e. The smallest absolute Gasteiger partial charge is 0.183 e. The highest BCUT2D eigenvalue weighted by atomic mass is 19.2. The Kier molecular flexibility index (Phi) is 3.62. The predicted octanol–water partition coefficient (Wildman–Crippen LogP) is 2.90. The van der Waals surface area contributed by atoms with Crippen molar-refractivity contribution in [2.75, 3.05) is 11.9 Å². The molecule has 0 saturated heterocycles. The van der Waals surface area contributed by atoms with Gasteiger partial charge in [-0.3, -0.25) is 0 Å². The van der Waals surface area contributed by atoms with E-state index in [0.717, 1.165) is 0 Å². The van der Waals surface area contributed by atoms with Gasteiger partial charge < -0.3 is 5.32 Å². The fraction of sp³-hybridized carbons (Fsp3) is 0.364. The Hall–Kier alpha value is -1.63. The van der Waals surface area contributed by atoms with E-state index in [0.29, 0.717) is 12.5 Å². The third kappa shape index (κ3) is 2.66. The molecule has 0 fully saturated rings. The Morgan fingerprint density at radius 1 is 1.33 bits per heavy atom. The molecule has 0 radical (unpaired) electrons. The van der Waals surface area contributed by atoms with Crippen LogP contribution in [0.4, 0.5) is 14.5 Å². The molecule has 0 aliphatic rings. The normalized spacial score (nSPS) is 10.1. The van der Waals surface area contributed by atoms with Gasteiger partial charge in [-0.15, -0.1) is 0 Å². The largest absolute Gasteiger partial charge is 0.382 e. The van der Waals surface area contributed by atoms with E-state index in [1.807, 2.05) is 13.8 Å². The fourth-order valence-electron chi connectivity index (χ4n) is 1.09. The van der Waals surface area contributed by atoms with Gasteiger partial charge in [-0.1, -0.05) is 13.8 Å². The molecule has 0 atom stereocenters. The van der Waals surface area contributed by atoms with Crippen LogP contribution in [0.3, 0.4) is 0 Å². The molecule has 1 rings (SSSR count). The molecule has 0 saturated carbocycles. The molecule has 2 nitrogen and oxygen atoms in total. The average molecular weight is 210 g/mol. The summed E-state index contributed by atoms with van der Waals surface area (Å²) in [4.78, 5) is 0. The summed E-state index contributed by atoms with van der Waals surface area (Å²) < 4.78 is 26.5. The van der Waals surface area contributed by atoms with E-state index < -0.39 is 11.6 Å². The molecule has 0 aliphatic carbocycles. The summed E-state index contributed by atoms with van der Waals surface area (Å²) in [6.07, 6.45) is 0. The lowest BCUT2D eigenvalue weighted by atomic mass is 10.1. The fourth-order valence-corrected chi connectivity index (χ4v) is 1.09.